The number of ketones is 1. The van der Waals surface area contributed by atoms with E-state index in [1.54, 1.807) is 0 Å². The molecule has 0 atom stereocenters. The van der Waals surface area contributed by atoms with E-state index >= 15 is 0 Å². The van der Waals surface area contributed by atoms with Crippen molar-refractivity contribution in [1.82, 2.24) is 0 Å². The molecule has 0 aromatic rings. The van der Waals surface area contributed by atoms with Crippen LogP contribution >= 0.6 is 0 Å². The summed E-state index contributed by atoms with van der Waals surface area (Å²) in [7, 11) is 0. The van der Waals surface area contributed by atoms with Gasteiger partial charge in [-0.25, -0.2) is 0 Å². The minimum absolute atomic E-state index is 0. The third-order valence-corrected chi connectivity index (χ3v) is 1.65. The van der Waals surface area contributed by atoms with E-state index < -0.39 is 5.41 Å². The molecule has 80 valence electrons. The smallest absolute Gasteiger partial charge is 0.164 e. The van der Waals surface area contributed by atoms with E-state index in [0.717, 1.165) is 0 Å². The van der Waals surface area contributed by atoms with Gasteiger partial charge in [0.1, 0.15) is 0 Å². The standard InChI is InChI=1S/C11H20O2.Ce/c1-8(2)6-9(12)7-10(13)11(3,4)5;/h7-8,12H,6H2,1-5H3;/b9-7-;. The molecule has 2 nitrogen and oxygen atoms in total. The number of rotatable bonds is 3. The fourth-order valence-electron chi connectivity index (χ4n) is 0.845. The molecule has 0 saturated heterocycles. The molecule has 0 rings (SSSR count). The van der Waals surface area contributed by atoms with E-state index in [1.807, 2.05) is 34.6 Å². The Kier molecular flexibility index (Phi) is 8.45. The average Bonchev–Trinajstić information content (AvgIpc) is 1.82. The second kappa shape index (κ2) is 6.96. The zero-order valence-corrected chi connectivity index (χ0v) is 12.9. The predicted molar refractivity (Wildman–Crippen MR) is 54.6 cm³/mol. The molecule has 14 heavy (non-hydrogen) atoms. The summed E-state index contributed by atoms with van der Waals surface area (Å²) in [5, 5.41) is 9.39. The third-order valence-electron chi connectivity index (χ3n) is 1.65. The van der Waals surface area contributed by atoms with E-state index in [2.05, 4.69) is 0 Å². The molecular weight excluding hydrogens is 304 g/mol. The molecule has 0 aliphatic heterocycles. The van der Waals surface area contributed by atoms with Crippen LogP contribution in [-0.4, -0.2) is 10.9 Å². The van der Waals surface area contributed by atoms with Crippen LogP contribution in [0, 0.1) is 53.1 Å². The number of hydrogen-bond acceptors (Lipinski definition) is 2. The van der Waals surface area contributed by atoms with Crippen molar-refractivity contribution in [3.05, 3.63) is 11.8 Å². The molecular formula is C11H20CeO2. The first-order valence-electron chi connectivity index (χ1n) is 4.67. The minimum Gasteiger partial charge on any atom is -0.512 e. The number of aliphatic hydroxyl groups is 1. The number of carbonyl (C=O) groups excluding carboxylic acids is 1. The Labute approximate surface area is 121 Å². The normalized spacial score (nSPS) is 12.6. The first kappa shape index (κ1) is 17.0. The first-order chi connectivity index (χ1) is 5.73. The van der Waals surface area contributed by atoms with Crippen molar-refractivity contribution >= 4 is 5.78 Å². The van der Waals surface area contributed by atoms with Crippen molar-refractivity contribution in [3.8, 4) is 0 Å². The zero-order chi connectivity index (χ0) is 10.6. The summed E-state index contributed by atoms with van der Waals surface area (Å²) < 4.78 is 0. The molecule has 1 N–H and O–H groups in total. The van der Waals surface area contributed by atoms with Crippen molar-refractivity contribution in [1.29, 1.82) is 0 Å². The fourth-order valence-corrected chi connectivity index (χ4v) is 0.845. The summed E-state index contributed by atoms with van der Waals surface area (Å²) in [5.74, 6) is 0.546. The largest absolute Gasteiger partial charge is 0.512 e. The van der Waals surface area contributed by atoms with Crippen LogP contribution in [-0.2, 0) is 4.79 Å². The van der Waals surface area contributed by atoms with E-state index in [4.69, 9.17) is 0 Å². The quantitative estimate of drug-likeness (QED) is 0.640. The maximum absolute atomic E-state index is 11.4. The fraction of sp³-hybridized carbons (Fsp3) is 0.727. The van der Waals surface area contributed by atoms with Crippen LogP contribution in [0.4, 0.5) is 0 Å². The molecule has 0 saturated carbocycles. The van der Waals surface area contributed by atoms with Gasteiger partial charge in [-0.2, -0.15) is 0 Å². The Morgan fingerprint density at radius 2 is 1.79 bits per heavy atom. The van der Waals surface area contributed by atoms with Crippen LogP contribution in [0.1, 0.15) is 41.0 Å². The van der Waals surface area contributed by atoms with Crippen LogP contribution < -0.4 is 0 Å². The van der Waals surface area contributed by atoms with Gasteiger partial charge < -0.3 is 5.11 Å². The monoisotopic (exact) mass is 324 g/mol. The molecule has 0 unspecified atom stereocenters. The molecule has 0 fully saturated rings. The second-order valence-corrected chi connectivity index (χ2v) is 4.85. The Morgan fingerprint density at radius 1 is 1.36 bits per heavy atom. The summed E-state index contributed by atoms with van der Waals surface area (Å²) in [5.41, 5.74) is -0.398. The Hall–Kier alpha value is 0.587. The van der Waals surface area contributed by atoms with Gasteiger partial charge in [-0.05, 0) is 5.92 Å². The number of allylic oxidation sites excluding steroid dienone is 2. The van der Waals surface area contributed by atoms with Gasteiger partial charge in [0, 0.05) is 59.7 Å². The van der Waals surface area contributed by atoms with Gasteiger partial charge in [-0.1, -0.05) is 34.6 Å². The van der Waals surface area contributed by atoms with Gasteiger partial charge in [0.05, 0.1) is 5.76 Å². The van der Waals surface area contributed by atoms with E-state index in [9.17, 15) is 9.90 Å². The van der Waals surface area contributed by atoms with Crippen LogP contribution in [0.25, 0.3) is 0 Å². The van der Waals surface area contributed by atoms with Gasteiger partial charge in [-0.15, -0.1) is 0 Å². The van der Waals surface area contributed by atoms with Crippen LogP contribution in [0.3, 0.4) is 0 Å². The topological polar surface area (TPSA) is 37.3 Å². The van der Waals surface area contributed by atoms with Crippen LogP contribution in [0.5, 0.6) is 0 Å². The Balaban J connectivity index is 0. The maximum Gasteiger partial charge on any atom is 0.164 e. The first-order valence-corrected chi connectivity index (χ1v) is 4.67. The summed E-state index contributed by atoms with van der Waals surface area (Å²) in [6.07, 6.45) is 1.92. The molecule has 0 aliphatic carbocycles. The van der Waals surface area contributed by atoms with Gasteiger partial charge in [0.25, 0.3) is 0 Å². The number of hydrogen-bond donors (Lipinski definition) is 1. The van der Waals surface area contributed by atoms with Crippen molar-refractivity contribution in [3.63, 3.8) is 0 Å². The number of carbonyl (C=O) groups is 1. The zero-order valence-electron chi connectivity index (χ0n) is 9.72. The minimum atomic E-state index is -0.398. The van der Waals surface area contributed by atoms with E-state index in [-0.39, 0.29) is 53.3 Å². The molecule has 0 heterocycles. The molecule has 0 spiro atoms. The van der Waals surface area contributed by atoms with Crippen molar-refractivity contribution in [2.75, 3.05) is 0 Å². The Bertz CT molecular complexity index is 212. The summed E-state index contributed by atoms with van der Waals surface area (Å²) in [4.78, 5) is 11.4. The summed E-state index contributed by atoms with van der Waals surface area (Å²) in [6, 6.07) is 0. The van der Waals surface area contributed by atoms with Crippen molar-refractivity contribution in [2.45, 2.75) is 41.0 Å². The molecule has 0 aromatic carbocycles. The van der Waals surface area contributed by atoms with Crippen LogP contribution in [0.2, 0.25) is 0 Å². The maximum atomic E-state index is 11.4. The van der Waals surface area contributed by atoms with Gasteiger partial charge in [0.2, 0.25) is 0 Å². The molecule has 0 radical (unpaired) electrons. The van der Waals surface area contributed by atoms with Gasteiger partial charge in [-0.3, -0.25) is 4.79 Å². The molecule has 0 bridgehead atoms. The molecule has 0 aliphatic rings. The van der Waals surface area contributed by atoms with E-state index in [0.29, 0.717) is 12.3 Å². The third kappa shape index (κ3) is 7.94. The molecule has 3 heteroatoms. The SMILES string of the molecule is CC(C)C/C(O)=C/C(=O)C(C)(C)C.[Ce]. The second-order valence-electron chi connectivity index (χ2n) is 4.85. The summed E-state index contributed by atoms with van der Waals surface area (Å²) >= 11 is 0. The van der Waals surface area contributed by atoms with Gasteiger partial charge in [0.15, 0.2) is 5.78 Å². The average molecular weight is 324 g/mol. The van der Waals surface area contributed by atoms with Gasteiger partial charge >= 0.3 is 0 Å². The molecule has 0 amide bonds. The molecule has 0 aromatic heterocycles. The predicted octanol–water partition coefficient (Wildman–Crippen LogP) is 3.09. The van der Waals surface area contributed by atoms with Crippen LogP contribution in [0.15, 0.2) is 11.8 Å². The number of aliphatic hydroxyl groups excluding tert-OH is 1. The van der Waals surface area contributed by atoms with Crippen molar-refractivity contribution in [2.24, 2.45) is 11.3 Å². The Morgan fingerprint density at radius 3 is 2.07 bits per heavy atom. The van der Waals surface area contributed by atoms with E-state index in [1.165, 1.54) is 6.08 Å². The van der Waals surface area contributed by atoms with Crippen molar-refractivity contribution < 1.29 is 51.6 Å². The summed E-state index contributed by atoms with van der Waals surface area (Å²) in [6.45, 7) is 9.54.